The quantitative estimate of drug-likeness (QED) is 0.899. The van der Waals surface area contributed by atoms with Crippen LogP contribution in [0, 0.1) is 6.92 Å². The van der Waals surface area contributed by atoms with Crippen LogP contribution in [0.25, 0.3) is 0 Å². The molecule has 19 heavy (non-hydrogen) atoms. The van der Waals surface area contributed by atoms with Crippen molar-refractivity contribution < 1.29 is 4.79 Å². The number of hydrogen-bond acceptors (Lipinski definition) is 3. The number of nitrogens with zero attached hydrogens (tertiary/aromatic N) is 1. The van der Waals surface area contributed by atoms with Gasteiger partial charge in [0.05, 0.1) is 6.04 Å². The summed E-state index contributed by atoms with van der Waals surface area (Å²) in [5.41, 5.74) is 0. The van der Waals surface area contributed by atoms with Crippen molar-refractivity contribution in [1.29, 1.82) is 0 Å². The van der Waals surface area contributed by atoms with Crippen molar-refractivity contribution in [1.82, 2.24) is 10.2 Å². The van der Waals surface area contributed by atoms with E-state index < -0.39 is 0 Å². The van der Waals surface area contributed by atoms with Gasteiger partial charge in [-0.2, -0.15) is 0 Å². The van der Waals surface area contributed by atoms with Gasteiger partial charge in [-0.25, -0.2) is 0 Å². The number of carbonyl (C=O) groups is 1. The molecule has 0 spiro atoms. The molecule has 0 radical (unpaired) electrons. The van der Waals surface area contributed by atoms with E-state index in [1.54, 1.807) is 0 Å². The summed E-state index contributed by atoms with van der Waals surface area (Å²) in [6.07, 6.45) is 3.06. The van der Waals surface area contributed by atoms with Gasteiger partial charge in [-0.05, 0) is 45.4 Å². The summed E-state index contributed by atoms with van der Waals surface area (Å²) in [6, 6.07) is 4.68. The Morgan fingerprint density at radius 3 is 2.95 bits per heavy atom. The molecule has 106 valence electrons. The lowest BCUT2D eigenvalue weighted by molar-refractivity contribution is -0.138. The smallest absolute Gasteiger partial charge is 0.239 e. The Labute approximate surface area is 120 Å². The van der Waals surface area contributed by atoms with E-state index in [9.17, 15) is 4.79 Å². The number of thiophene rings is 1. The van der Waals surface area contributed by atoms with Gasteiger partial charge >= 0.3 is 0 Å². The Kier molecular flexibility index (Phi) is 4.99. The largest absolute Gasteiger partial charge is 0.338 e. The number of hydrogen-bond donors (Lipinski definition) is 1. The number of rotatable bonds is 5. The lowest BCUT2D eigenvalue weighted by Gasteiger charge is -2.36. The minimum atomic E-state index is 0.0336. The van der Waals surface area contributed by atoms with Crippen LogP contribution >= 0.6 is 11.3 Å². The average Bonchev–Trinajstić information content (AvgIpc) is 2.77. The summed E-state index contributed by atoms with van der Waals surface area (Å²) < 4.78 is 0. The van der Waals surface area contributed by atoms with Gasteiger partial charge in [0.25, 0.3) is 0 Å². The Morgan fingerprint density at radius 2 is 2.32 bits per heavy atom. The van der Waals surface area contributed by atoms with Crippen LogP contribution in [0.5, 0.6) is 0 Å². The Balaban J connectivity index is 1.97. The topological polar surface area (TPSA) is 32.3 Å². The zero-order chi connectivity index (χ0) is 13.8. The molecule has 1 aromatic heterocycles. The average molecular weight is 280 g/mol. The number of aryl methyl sites for hydroxylation is 1. The van der Waals surface area contributed by atoms with Crippen molar-refractivity contribution in [3.63, 3.8) is 0 Å². The molecule has 0 saturated carbocycles. The van der Waals surface area contributed by atoms with Crippen molar-refractivity contribution in [2.75, 3.05) is 13.1 Å². The highest BCUT2D eigenvalue weighted by molar-refractivity contribution is 7.11. The third-order valence-electron chi connectivity index (χ3n) is 3.75. The summed E-state index contributed by atoms with van der Waals surface area (Å²) in [5.74, 6) is 0.286. The lowest BCUT2D eigenvalue weighted by Crippen LogP contribution is -2.53. The predicted octanol–water partition coefficient (Wildman–Crippen LogP) is 2.59. The molecule has 1 aromatic rings. The second-order valence-corrected chi connectivity index (χ2v) is 6.72. The van der Waals surface area contributed by atoms with Crippen LogP contribution in [-0.4, -0.2) is 36.0 Å². The minimum absolute atomic E-state index is 0.0336. The molecule has 0 bridgehead atoms. The first-order valence-corrected chi connectivity index (χ1v) is 8.02. The maximum atomic E-state index is 12.4. The van der Waals surface area contributed by atoms with E-state index in [0.717, 1.165) is 32.4 Å². The van der Waals surface area contributed by atoms with Gasteiger partial charge in [0, 0.05) is 28.8 Å². The van der Waals surface area contributed by atoms with Crippen LogP contribution in [-0.2, 0) is 11.2 Å². The molecule has 2 unspecified atom stereocenters. The second-order valence-electron chi connectivity index (χ2n) is 5.35. The van der Waals surface area contributed by atoms with Gasteiger partial charge in [0.1, 0.15) is 0 Å². The van der Waals surface area contributed by atoms with Gasteiger partial charge in [-0.15, -0.1) is 11.3 Å². The molecule has 2 rings (SSSR count). The summed E-state index contributed by atoms with van der Waals surface area (Å²) >= 11 is 1.84. The van der Waals surface area contributed by atoms with Crippen LogP contribution in [0.1, 0.15) is 36.4 Å². The highest BCUT2D eigenvalue weighted by Gasteiger charge is 2.30. The van der Waals surface area contributed by atoms with E-state index in [-0.39, 0.29) is 11.9 Å². The molecule has 4 heteroatoms. The number of likely N-dealkylation sites (N-methyl/N-ethyl adjacent to an activating group) is 1. The number of amides is 1. The van der Waals surface area contributed by atoms with E-state index in [1.165, 1.54) is 9.75 Å². The molecule has 1 saturated heterocycles. The second kappa shape index (κ2) is 6.53. The van der Waals surface area contributed by atoms with E-state index in [2.05, 4.69) is 43.1 Å². The van der Waals surface area contributed by atoms with Crippen LogP contribution < -0.4 is 5.32 Å². The molecule has 1 amide bonds. The number of carbonyl (C=O) groups excluding carboxylic acids is 1. The molecule has 0 aromatic carbocycles. The normalized spacial score (nSPS) is 21.7. The highest BCUT2D eigenvalue weighted by atomic mass is 32.1. The van der Waals surface area contributed by atoms with Crippen molar-refractivity contribution >= 4 is 17.2 Å². The Bertz CT molecular complexity index is 428. The molecular weight excluding hydrogens is 256 g/mol. The molecule has 3 nitrogen and oxygen atoms in total. The number of nitrogens with one attached hydrogen (secondary N) is 1. The summed E-state index contributed by atoms with van der Waals surface area (Å²) in [6.45, 7) is 8.13. The standard InChI is InChI=1S/C15H24N2OS/c1-4-16-14-6-5-9-17(15(14)18)11(2)10-13-8-7-12(3)19-13/h7-8,11,14,16H,4-6,9-10H2,1-3H3. The molecule has 1 N–H and O–H groups in total. The van der Waals surface area contributed by atoms with Gasteiger partial charge in [-0.1, -0.05) is 6.92 Å². The van der Waals surface area contributed by atoms with E-state index in [4.69, 9.17) is 0 Å². The molecular formula is C15H24N2OS. The molecule has 1 fully saturated rings. The van der Waals surface area contributed by atoms with Gasteiger partial charge in [0.2, 0.25) is 5.91 Å². The molecule has 0 aliphatic carbocycles. The fourth-order valence-electron chi connectivity index (χ4n) is 2.77. The van der Waals surface area contributed by atoms with Gasteiger partial charge in [0.15, 0.2) is 0 Å². The minimum Gasteiger partial charge on any atom is -0.338 e. The molecule has 1 aliphatic heterocycles. The van der Waals surface area contributed by atoms with E-state index in [1.807, 2.05) is 11.3 Å². The monoisotopic (exact) mass is 280 g/mol. The third kappa shape index (κ3) is 3.57. The molecule has 2 atom stereocenters. The van der Waals surface area contributed by atoms with Crippen LogP contribution in [0.4, 0.5) is 0 Å². The zero-order valence-corrected chi connectivity index (χ0v) is 12.9. The van der Waals surface area contributed by atoms with Crippen LogP contribution in [0.2, 0.25) is 0 Å². The number of piperidine rings is 1. The van der Waals surface area contributed by atoms with Crippen molar-refractivity contribution in [3.05, 3.63) is 21.9 Å². The van der Waals surface area contributed by atoms with Crippen molar-refractivity contribution in [2.24, 2.45) is 0 Å². The van der Waals surface area contributed by atoms with Crippen molar-refractivity contribution in [2.45, 2.75) is 52.1 Å². The molecule has 1 aliphatic rings. The van der Waals surface area contributed by atoms with Crippen LogP contribution in [0.15, 0.2) is 12.1 Å². The molecule has 2 heterocycles. The fraction of sp³-hybridized carbons (Fsp3) is 0.667. The SMILES string of the molecule is CCNC1CCCN(C(C)Cc2ccc(C)s2)C1=O. The zero-order valence-electron chi connectivity index (χ0n) is 12.1. The van der Waals surface area contributed by atoms with E-state index in [0.29, 0.717) is 6.04 Å². The first kappa shape index (κ1) is 14.5. The summed E-state index contributed by atoms with van der Waals surface area (Å²) in [7, 11) is 0. The summed E-state index contributed by atoms with van der Waals surface area (Å²) in [4.78, 5) is 17.2. The van der Waals surface area contributed by atoms with Gasteiger partial charge in [-0.3, -0.25) is 4.79 Å². The number of likely N-dealkylation sites (tertiary alicyclic amines) is 1. The van der Waals surface area contributed by atoms with Gasteiger partial charge < -0.3 is 10.2 Å². The summed E-state index contributed by atoms with van der Waals surface area (Å²) in [5, 5.41) is 3.30. The predicted molar refractivity (Wildman–Crippen MR) is 80.6 cm³/mol. The Hall–Kier alpha value is -0.870. The van der Waals surface area contributed by atoms with Crippen molar-refractivity contribution in [3.8, 4) is 0 Å². The first-order chi connectivity index (χ1) is 9.11. The van der Waals surface area contributed by atoms with E-state index >= 15 is 0 Å². The highest BCUT2D eigenvalue weighted by Crippen LogP contribution is 2.21. The first-order valence-electron chi connectivity index (χ1n) is 7.21. The maximum Gasteiger partial charge on any atom is 0.239 e. The fourth-order valence-corrected chi connectivity index (χ4v) is 3.78. The third-order valence-corrected chi connectivity index (χ3v) is 4.77. The van der Waals surface area contributed by atoms with Crippen LogP contribution in [0.3, 0.4) is 0 Å². The maximum absolute atomic E-state index is 12.4. The Morgan fingerprint density at radius 1 is 1.53 bits per heavy atom. The lowest BCUT2D eigenvalue weighted by atomic mass is 10.0.